The van der Waals surface area contributed by atoms with Crippen molar-refractivity contribution in [3.8, 4) is 0 Å². The molecule has 0 saturated carbocycles. The summed E-state index contributed by atoms with van der Waals surface area (Å²) in [6.45, 7) is 8.61. The summed E-state index contributed by atoms with van der Waals surface area (Å²) in [4.78, 5) is 48.9. The molecule has 15 heteroatoms. The van der Waals surface area contributed by atoms with Crippen LogP contribution >= 0.6 is 63.1 Å². The molecule has 0 bridgehead atoms. The van der Waals surface area contributed by atoms with E-state index in [0.29, 0.717) is 5.75 Å². The van der Waals surface area contributed by atoms with Crippen LogP contribution in [0.25, 0.3) is 0 Å². The van der Waals surface area contributed by atoms with Crippen LogP contribution in [0.4, 0.5) is 0 Å². The van der Waals surface area contributed by atoms with Gasteiger partial charge in [-0.05, 0) is 0 Å². The molecule has 0 aromatic carbocycles. The fourth-order valence-electron chi connectivity index (χ4n) is 1.09. The van der Waals surface area contributed by atoms with Crippen molar-refractivity contribution in [2.24, 2.45) is 5.92 Å². The fraction of sp³-hybridized carbons (Fsp3) is 0.750. The summed E-state index contributed by atoms with van der Waals surface area (Å²) in [5.41, 5.74) is 0. The zero-order valence-corrected chi connectivity index (χ0v) is 24.9. The second-order valence-electron chi connectivity index (χ2n) is 7.21. The molecule has 5 N–H and O–H groups in total. The van der Waals surface area contributed by atoms with Gasteiger partial charge in [-0.1, -0.05) is 34.6 Å². The maximum atomic E-state index is 9.88. The van der Waals surface area contributed by atoms with Gasteiger partial charge >= 0.3 is 29.8 Å². The quantitative estimate of drug-likeness (QED) is 0.166. The van der Waals surface area contributed by atoms with Gasteiger partial charge in [-0.25, -0.2) is 0 Å². The van der Waals surface area contributed by atoms with Crippen LogP contribution in [0.15, 0.2) is 0 Å². The highest BCUT2D eigenvalue weighted by molar-refractivity contribution is 7.81. The number of carboxylic acid groups (broad SMARTS) is 5. The van der Waals surface area contributed by atoms with Gasteiger partial charge in [0, 0.05) is 26.8 Å². The molecule has 35 heavy (non-hydrogen) atoms. The molecule has 0 aromatic heterocycles. The van der Waals surface area contributed by atoms with Crippen molar-refractivity contribution >= 4 is 93.0 Å². The van der Waals surface area contributed by atoms with Crippen molar-refractivity contribution in [3.63, 3.8) is 0 Å². The van der Waals surface area contributed by atoms with E-state index in [2.05, 4.69) is 63.1 Å². The van der Waals surface area contributed by atoms with E-state index in [1.165, 1.54) is 0 Å². The predicted molar refractivity (Wildman–Crippen MR) is 153 cm³/mol. The van der Waals surface area contributed by atoms with Crippen LogP contribution in [0.2, 0.25) is 0 Å². The Morgan fingerprint density at radius 1 is 0.514 bits per heavy atom. The molecular weight excluding hydrogens is 561 g/mol. The Kier molecular flexibility index (Phi) is 37.0. The summed E-state index contributed by atoms with van der Waals surface area (Å²) in [6.07, 6.45) is 0.568. The maximum absolute atomic E-state index is 9.88. The van der Waals surface area contributed by atoms with Gasteiger partial charge in [0.2, 0.25) is 0 Å². The normalized spacial score (nSPS) is 13.4. The standard InChI is InChI=1S/5C4H8O2S/c1-3(2-7)4(5)6;4*1-3(7)2-4(5)6/h5*3,7H,2H2,1H3,(H,5,6). The second-order valence-corrected chi connectivity index (χ2v) is 11.1. The van der Waals surface area contributed by atoms with Crippen molar-refractivity contribution in [1.29, 1.82) is 0 Å². The van der Waals surface area contributed by atoms with E-state index >= 15 is 0 Å². The molecule has 0 aliphatic rings. The lowest BCUT2D eigenvalue weighted by Crippen LogP contribution is -2.09. The Labute approximate surface area is 234 Å². The number of carboxylic acids is 5. The third-order valence-corrected chi connectivity index (χ3v) is 3.85. The zero-order valence-electron chi connectivity index (χ0n) is 20.4. The first-order chi connectivity index (χ1) is 15.7. The van der Waals surface area contributed by atoms with Crippen LogP contribution in [0.1, 0.15) is 60.3 Å². The fourth-order valence-corrected chi connectivity index (χ4v) is 1.87. The monoisotopic (exact) mass is 600 g/mol. The van der Waals surface area contributed by atoms with Crippen molar-refractivity contribution in [2.75, 3.05) is 5.75 Å². The zero-order chi connectivity index (χ0) is 29.3. The van der Waals surface area contributed by atoms with Crippen molar-refractivity contribution in [3.05, 3.63) is 0 Å². The van der Waals surface area contributed by atoms with E-state index in [9.17, 15) is 24.0 Å². The van der Waals surface area contributed by atoms with E-state index in [1.807, 2.05) is 0 Å². The lowest BCUT2D eigenvalue weighted by atomic mass is 10.2. The van der Waals surface area contributed by atoms with Gasteiger partial charge in [-0.2, -0.15) is 63.1 Å². The van der Waals surface area contributed by atoms with E-state index in [0.717, 1.165) is 0 Å². The summed E-state index contributed by atoms with van der Waals surface area (Å²) >= 11 is 19.2. The highest BCUT2D eigenvalue weighted by Crippen LogP contribution is 1.98. The average Bonchev–Trinajstić information content (AvgIpc) is 2.58. The van der Waals surface area contributed by atoms with Gasteiger partial charge in [0.05, 0.1) is 31.6 Å². The molecule has 5 atom stereocenters. The lowest BCUT2D eigenvalue weighted by Gasteiger charge is -1.95. The Bertz CT molecular complexity index is 505. The summed E-state index contributed by atoms with van der Waals surface area (Å²) in [7, 11) is 0. The summed E-state index contributed by atoms with van der Waals surface area (Å²) < 4.78 is 0. The van der Waals surface area contributed by atoms with Gasteiger partial charge in [0.15, 0.2) is 0 Å². The minimum atomic E-state index is -0.789. The number of hydrogen-bond acceptors (Lipinski definition) is 10. The van der Waals surface area contributed by atoms with Crippen LogP contribution < -0.4 is 0 Å². The number of rotatable bonds is 10. The van der Waals surface area contributed by atoms with Crippen molar-refractivity contribution in [2.45, 2.75) is 81.3 Å². The van der Waals surface area contributed by atoms with E-state index in [-0.39, 0.29) is 52.6 Å². The number of carbonyl (C=O) groups is 5. The molecule has 0 aliphatic heterocycles. The maximum Gasteiger partial charge on any atom is 0.307 e. The van der Waals surface area contributed by atoms with Crippen LogP contribution in [0, 0.1) is 5.92 Å². The van der Waals surface area contributed by atoms with Gasteiger partial charge in [0.1, 0.15) is 0 Å². The first kappa shape index (κ1) is 44.1. The minimum absolute atomic E-state index is 0.0301. The third kappa shape index (κ3) is 71.9. The van der Waals surface area contributed by atoms with Gasteiger partial charge in [0.25, 0.3) is 0 Å². The predicted octanol–water partition coefficient (Wildman–Crippen LogP) is 3.75. The first-order valence-electron chi connectivity index (χ1n) is 10.1. The second kappa shape index (κ2) is 29.3. The molecule has 0 radical (unpaired) electrons. The third-order valence-electron chi connectivity index (χ3n) is 2.58. The van der Waals surface area contributed by atoms with E-state index in [1.54, 1.807) is 34.6 Å². The highest BCUT2D eigenvalue weighted by atomic mass is 32.1. The summed E-state index contributed by atoms with van der Waals surface area (Å²) in [5.74, 6) is -3.84. The average molecular weight is 601 g/mol. The molecule has 10 nitrogen and oxygen atoms in total. The molecular formula is C20H40O10S5. The molecule has 5 unspecified atom stereocenters. The molecule has 0 aliphatic carbocycles. The Hall–Kier alpha value is -0.900. The van der Waals surface area contributed by atoms with Crippen LogP contribution in [-0.2, 0) is 24.0 Å². The van der Waals surface area contributed by atoms with E-state index in [4.69, 9.17) is 25.5 Å². The smallest absolute Gasteiger partial charge is 0.307 e. The SMILES string of the molecule is CC(CS)C(=O)O.CC(S)CC(=O)O.CC(S)CC(=O)O.CC(S)CC(=O)O.CC(S)CC(=O)O. The van der Waals surface area contributed by atoms with E-state index < -0.39 is 29.8 Å². The molecule has 210 valence electrons. The molecule has 0 saturated heterocycles. The van der Waals surface area contributed by atoms with Crippen LogP contribution in [0.5, 0.6) is 0 Å². The van der Waals surface area contributed by atoms with Crippen LogP contribution in [-0.4, -0.2) is 82.1 Å². The Morgan fingerprint density at radius 2 is 0.686 bits per heavy atom. The molecule has 0 aromatic rings. The summed E-state index contributed by atoms with van der Waals surface area (Å²) in [6, 6.07) is 0. The number of hydrogen-bond donors (Lipinski definition) is 10. The molecule has 0 fully saturated rings. The lowest BCUT2D eigenvalue weighted by molar-refractivity contribution is -0.140. The molecule has 0 amide bonds. The van der Waals surface area contributed by atoms with Crippen LogP contribution in [0.3, 0.4) is 0 Å². The number of thiol groups is 5. The number of aliphatic carboxylic acids is 5. The van der Waals surface area contributed by atoms with Crippen molar-refractivity contribution < 1.29 is 49.5 Å². The summed E-state index contributed by atoms with van der Waals surface area (Å²) in [5, 5.41) is 40.2. The minimum Gasteiger partial charge on any atom is -0.481 e. The topological polar surface area (TPSA) is 186 Å². The van der Waals surface area contributed by atoms with Gasteiger partial charge in [-0.15, -0.1) is 0 Å². The highest BCUT2D eigenvalue weighted by Gasteiger charge is 2.05. The Morgan fingerprint density at radius 3 is 0.686 bits per heavy atom. The largest absolute Gasteiger partial charge is 0.481 e. The van der Waals surface area contributed by atoms with Gasteiger partial charge < -0.3 is 25.5 Å². The Balaban J connectivity index is -0.000000107. The molecule has 0 rings (SSSR count). The molecule has 0 spiro atoms. The van der Waals surface area contributed by atoms with Gasteiger partial charge in [-0.3, -0.25) is 24.0 Å². The van der Waals surface area contributed by atoms with Crippen molar-refractivity contribution in [1.82, 2.24) is 0 Å². The molecule has 0 heterocycles. The first-order valence-corrected chi connectivity index (χ1v) is 12.8.